The third kappa shape index (κ3) is 42.6. The molecule has 1 unspecified atom stereocenters. The summed E-state index contributed by atoms with van der Waals surface area (Å²) in [5.41, 5.74) is -0.477. The third-order valence-electron chi connectivity index (χ3n) is 12.2. The van der Waals surface area contributed by atoms with Crippen molar-refractivity contribution in [1.29, 1.82) is 0 Å². The molecule has 1 fully saturated rings. The van der Waals surface area contributed by atoms with Crippen LogP contribution in [0.25, 0.3) is 4.85 Å². The highest BCUT2D eigenvalue weighted by Gasteiger charge is 2.51. The Bertz CT molecular complexity index is 1690. The quantitative estimate of drug-likeness (QED) is 0.0392. The van der Waals surface area contributed by atoms with Crippen molar-refractivity contribution in [2.45, 2.75) is 142 Å². The highest BCUT2D eigenvalue weighted by Crippen LogP contribution is 2.29. The number of rotatable bonds is 56. The Hall–Kier alpha value is -3.85. The first kappa shape index (κ1) is 75.2. The van der Waals surface area contributed by atoms with Crippen LogP contribution in [-0.4, -0.2) is 243 Å². The van der Waals surface area contributed by atoms with Crippen LogP contribution in [-0.2, 0) is 109 Å². The molecule has 1 aliphatic heterocycles. The van der Waals surface area contributed by atoms with Crippen molar-refractivity contribution in [1.82, 2.24) is 5.32 Å². The first-order valence-corrected chi connectivity index (χ1v) is 28.5. The zero-order valence-corrected chi connectivity index (χ0v) is 49.5. The molecule has 470 valence electrons. The zero-order valence-electron chi connectivity index (χ0n) is 49.5. The van der Waals surface area contributed by atoms with Gasteiger partial charge in [-0.15, -0.1) is 0 Å². The van der Waals surface area contributed by atoms with Crippen LogP contribution in [0.4, 0.5) is 0 Å². The van der Waals surface area contributed by atoms with Gasteiger partial charge in [0.05, 0.1) is 145 Å². The molecule has 25 nitrogen and oxygen atoms in total. The first-order chi connectivity index (χ1) is 39.1. The molecule has 0 aromatic rings. The number of Topliss-reactive ketones (excluding diaryl/α,β-unsaturated/α-hetero) is 2. The summed E-state index contributed by atoms with van der Waals surface area (Å²) in [7, 11) is 0. The van der Waals surface area contributed by atoms with E-state index < -0.39 is 60.0 Å². The Labute approximate surface area is 480 Å². The Morgan fingerprint density at radius 3 is 1.27 bits per heavy atom. The van der Waals surface area contributed by atoms with E-state index in [9.17, 15) is 28.8 Å². The molecular formula is C56H98N2O23. The predicted molar refractivity (Wildman–Crippen MR) is 291 cm³/mol. The molecule has 0 bridgehead atoms. The van der Waals surface area contributed by atoms with Gasteiger partial charge in [0.15, 0.2) is 24.3 Å². The van der Waals surface area contributed by atoms with Crippen LogP contribution in [0.15, 0.2) is 0 Å². The summed E-state index contributed by atoms with van der Waals surface area (Å²) < 4.78 is 94.0. The molecule has 1 rings (SSSR count). The van der Waals surface area contributed by atoms with Crippen molar-refractivity contribution >= 4 is 35.4 Å². The van der Waals surface area contributed by atoms with Gasteiger partial charge in [-0.2, -0.15) is 0 Å². The van der Waals surface area contributed by atoms with Gasteiger partial charge in [-0.25, -0.2) is 6.57 Å². The summed E-state index contributed by atoms with van der Waals surface area (Å²) >= 11 is 0. The van der Waals surface area contributed by atoms with Crippen molar-refractivity contribution < 1.29 is 109 Å². The standard InChI is InChI=1S/C56H98N2O23/c1-44(2)56(7,57-8)17-16-49(63)15-13-18-65-20-21-66-22-23-67-24-25-68-26-27-69-28-29-70-30-31-71-32-33-72-34-35-73-36-37-74-38-39-75-40-41-76-42-50(64)14-11-9-10-12-19-77-55-52(58-45(3)59)54(80-48(6)62)53(79-47(5)61)51(81-55)43-78-46(4)60/h44,51-55H,9-43H2,1-7H3,(H,58,59)/t51-,52-,53+,54-,55-,56?/m1/s1. The highest BCUT2D eigenvalue weighted by molar-refractivity contribution is 5.79. The van der Waals surface area contributed by atoms with Crippen LogP contribution in [0.5, 0.6) is 0 Å². The molecule has 0 aliphatic carbocycles. The van der Waals surface area contributed by atoms with E-state index >= 15 is 0 Å². The number of carbonyl (C=O) groups excluding carboxylic acids is 6. The molecular weight excluding hydrogens is 1070 g/mol. The molecule has 1 amide bonds. The molecule has 1 N–H and O–H groups in total. The normalized spacial score (nSPS) is 17.8. The number of hydrogen-bond acceptors (Lipinski definition) is 23. The van der Waals surface area contributed by atoms with Crippen LogP contribution in [0, 0.1) is 12.5 Å². The molecule has 0 saturated carbocycles. The summed E-state index contributed by atoms with van der Waals surface area (Å²) in [6.07, 6.45) is 0.723. The van der Waals surface area contributed by atoms with Crippen molar-refractivity contribution in [2.75, 3.05) is 172 Å². The minimum Gasteiger partial charge on any atom is -0.463 e. The number of carbonyl (C=O) groups is 6. The third-order valence-corrected chi connectivity index (χ3v) is 12.2. The summed E-state index contributed by atoms with van der Waals surface area (Å²) in [5.74, 6) is -2.06. The van der Waals surface area contributed by atoms with Crippen LogP contribution in [0.1, 0.15) is 106 Å². The Morgan fingerprint density at radius 1 is 0.481 bits per heavy atom. The Balaban J connectivity index is 1.85. The van der Waals surface area contributed by atoms with E-state index in [1.165, 1.54) is 27.7 Å². The number of nitrogens with zero attached hydrogens (tertiary/aromatic N) is 1. The maximum absolute atomic E-state index is 12.3. The molecule has 0 aromatic carbocycles. The Kier molecular flexibility index (Phi) is 47.0. The second-order valence-electron chi connectivity index (χ2n) is 19.3. The number of hydrogen-bond donors (Lipinski definition) is 1. The summed E-state index contributed by atoms with van der Waals surface area (Å²) in [6, 6.07) is -1.03. The number of amides is 1. The largest absolute Gasteiger partial charge is 0.463 e. The topological polar surface area (TPSA) is 276 Å². The number of ketones is 2. The predicted octanol–water partition coefficient (Wildman–Crippen LogP) is 3.84. The SMILES string of the molecule is [C-]#[N+]C(C)(CCC(=O)CCCOCCOCCOCCOCCOCCOCCOCCOCCOCCOCCOCCOCC(=O)CCCCCCO[C@@H]1O[C@H](COC(C)=O)[C@H](OC(C)=O)[C@H](OC(C)=O)[C@H]1NC(C)=O)C(C)C. The van der Waals surface area contributed by atoms with Crippen molar-refractivity contribution in [2.24, 2.45) is 5.92 Å². The summed E-state index contributed by atoms with van der Waals surface area (Å²) in [6.45, 7) is 28.1. The van der Waals surface area contributed by atoms with E-state index in [2.05, 4.69) is 10.2 Å². The monoisotopic (exact) mass is 1170 g/mol. The smallest absolute Gasteiger partial charge is 0.303 e. The molecule has 0 radical (unpaired) electrons. The second-order valence-corrected chi connectivity index (χ2v) is 19.3. The van der Waals surface area contributed by atoms with E-state index in [1.807, 2.05) is 20.8 Å². The minimum absolute atomic E-state index is 0.00364. The lowest BCUT2D eigenvalue weighted by Gasteiger charge is -2.44. The maximum atomic E-state index is 12.3. The fourth-order valence-electron chi connectivity index (χ4n) is 7.45. The van der Waals surface area contributed by atoms with E-state index in [0.717, 1.165) is 12.8 Å². The lowest BCUT2D eigenvalue weighted by Crippen LogP contribution is -2.66. The van der Waals surface area contributed by atoms with E-state index in [4.69, 9.17) is 87.1 Å². The minimum atomic E-state index is -1.19. The van der Waals surface area contributed by atoms with Gasteiger partial charge in [-0.1, -0.05) is 26.7 Å². The second kappa shape index (κ2) is 50.6. The van der Waals surface area contributed by atoms with E-state index in [1.54, 1.807) is 0 Å². The molecule has 0 spiro atoms. The van der Waals surface area contributed by atoms with Gasteiger partial charge in [0.2, 0.25) is 11.4 Å². The molecule has 0 aromatic heterocycles. The van der Waals surface area contributed by atoms with Gasteiger partial charge in [0.25, 0.3) is 0 Å². The van der Waals surface area contributed by atoms with Gasteiger partial charge in [0.1, 0.15) is 31.1 Å². The molecule has 1 aliphatic rings. The Morgan fingerprint density at radius 2 is 0.877 bits per heavy atom. The van der Waals surface area contributed by atoms with Gasteiger partial charge in [-0.05, 0) is 19.3 Å². The molecule has 1 saturated heterocycles. The number of ether oxygens (including phenoxy) is 17. The van der Waals surface area contributed by atoms with Crippen LogP contribution in [0.3, 0.4) is 0 Å². The number of nitrogens with one attached hydrogen (secondary N) is 1. The van der Waals surface area contributed by atoms with Gasteiger partial charge < -0.3 is 90.7 Å². The van der Waals surface area contributed by atoms with E-state index in [0.29, 0.717) is 190 Å². The molecule has 81 heavy (non-hydrogen) atoms. The fraction of sp³-hybridized carbons (Fsp3) is 0.875. The van der Waals surface area contributed by atoms with Gasteiger partial charge >= 0.3 is 17.9 Å². The zero-order chi connectivity index (χ0) is 59.6. The van der Waals surface area contributed by atoms with Gasteiger partial charge in [0, 0.05) is 79.4 Å². The van der Waals surface area contributed by atoms with Gasteiger partial charge in [-0.3, -0.25) is 28.8 Å². The van der Waals surface area contributed by atoms with Crippen LogP contribution in [0.2, 0.25) is 0 Å². The molecule has 1 heterocycles. The average molecular weight is 1170 g/mol. The fourth-order valence-corrected chi connectivity index (χ4v) is 7.45. The highest BCUT2D eigenvalue weighted by atomic mass is 16.7. The first-order valence-electron chi connectivity index (χ1n) is 28.5. The van der Waals surface area contributed by atoms with Crippen molar-refractivity contribution in [3.05, 3.63) is 11.4 Å². The maximum Gasteiger partial charge on any atom is 0.303 e. The summed E-state index contributed by atoms with van der Waals surface area (Å²) in [5, 5.41) is 2.67. The summed E-state index contributed by atoms with van der Waals surface area (Å²) in [4.78, 5) is 75.8. The van der Waals surface area contributed by atoms with Crippen molar-refractivity contribution in [3.63, 3.8) is 0 Å². The average Bonchev–Trinajstić information content (AvgIpc) is 3.42. The van der Waals surface area contributed by atoms with Crippen LogP contribution < -0.4 is 5.32 Å². The number of esters is 3. The molecule has 25 heteroatoms. The molecule has 6 atom stereocenters. The lowest BCUT2D eigenvalue weighted by molar-refractivity contribution is -0.277. The van der Waals surface area contributed by atoms with E-state index in [-0.39, 0.29) is 43.9 Å². The van der Waals surface area contributed by atoms with Crippen molar-refractivity contribution in [3.8, 4) is 0 Å². The lowest BCUT2D eigenvalue weighted by atomic mass is 9.84. The van der Waals surface area contributed by atoms with Crippen LogP contribution >= 0.6 is 0 Å². The number of unbranched alkanes of at least 4 members (excludes halogenated alkanes) is 3.